The second-order valence-corrected chi connectivity index (χ2v) is 16.4. The lowest BCUT2D eigenvalue weighted by atomic mass is 9.93. The van der Waals surface area contributed by atoms with Gasteiger partial charge in [0.15, 0.2) is 0 Å². The first-order valence-corrected chi connectivity index (χ1v) is 20.5. The Kier molecular flexibility index (Phi) is 8.57. The molecule has 60 heavy (non-hydrogen) atoms. The van der Waals surface area contributed by atoms with Crippen LogP contribution < -0.4 is 0 Å². The van der Waals surface area contributed by atoms with Crippen molar-refractivity contribution in [3.63, 3.8) is 0 Å². The van der Waals surface area contributed by atoms with Gasteiger partial charge in [-0.25, -0.2) is 0 Å². The van der Waals surface area contributed by atoms with Crippen molar-refractivity contribution < 1.29 is 0 Å². The summed E-state index contributed by atoms with van der Waals surface area (Å²) in [5, 5.41) is 26.1. The molecule has 0 amide bonds. The molecule has 0 aliphatic carbocycles. The van der Waals surface area contributed by atoms with Crippen molar-refractivity contribution in [3.8, 4) is 56.9 Å². The average molecular weight is 771 g/mol. The molecule has 0 bridgehead atoms. The quantitative estimate of drug-likeness (QED) is 0.175. The Labute approximate surface area is 350 Å². The van der Waals surface area contributed by atoms with E-state index in [0.29, 0.717) is 11.1 Å². The van der Waals surface area contributed by atoms with Gasteiger partial charge in [-0.15, -0.1) is 0 Å². The Bertz CT molecular complexity index is 3480. The minimum absolute atomic E-state index is 0.545. The van der Waals surface area contributed by atoms with Crippen molar-refractivity contribution >= 4 is 43.6 Å². The zero-order chi connectivity index (χ0) is 41.4. The molecule has 8 aromatic carbocycles. The van der Waals surface area contributed by atoms with E-state index in [1.165, 1.54) is 50.1 Å². The van der Waals surface area contributed by atoms with E-state index < -0.39 is 0 Å². The predicted molar refractivity (Wildman–Crippen MR) is 249 cm³/mol. The molecule has 0 aliphatic rings. The van der Waals surface area contributed by atoms with Gasteiger partial charge >= 0.3 is 0 Å². The molecule has 0 radical (unpaired) electrons. The first-order valence-electron chi connectivity index (χ1n) is 20.5. The van der Waals surface area contributed by atoms with E-state index in [-0.39, 0.29) is 0 Å². The number of nitrogens with zero attached hydrogens (tertiary/aromatic N) is 4. The maximum absolute atomic E-state index is 11.6. The van der Waals surface area contributed by atoms with Gasteiger partial charge in [-0.05, 0) is 146 Å². The largest absolute Gasteiger partial charge is 0.308 e. The van der Waals surface area contributed by atoms with Gasteiger partial charge in [0.2, 0.25) is 0 Å². The van der Waals surface area contributed by atoms with Gasteiger partial charge < -0.3 is 9.13 Å². The summed E-state index contributed by atoms with van der Waals surface area (Å²) in [6, 6.07) is 56.5. The fraction of sp³-hybridized carbons (Fsp3) is 0.107. The normalized spacial score (nSPS) is 11.5. The Morgan fingerprint density at radius 3 is 1.43 bits per heavy atom. The summed E-state index contributed by atoms with van der Waals surface area (Å²) in [5.74, 6) is 0. The van der Waals surface area contributed by atoms with Crippen LogP contribution in [-0.4, -0.2) is 9.13 Å². The Balaban J connectivity index is 1.30. The molecule has 2 aromatic heterocycles. The molecule has 0 fully saturated rings. The van der Waals surface area contributed by atoms with Gasteiger partial charge in [-0.1, -0.05) is 102 Å². The fourth-order valence-corrected chi connectivity index (χ4v) is 10.1. The summed E-state index contributed by atoms with van der Waals surface area (Å²) >= 11 is 0. The van der Waals surface area contributed by atoms with E-state index in [2.05, 4.69) is 184 Å². The fourth-order valence-electron chi connectivity index (χ4n) is 10.1. The number of rotatable bonds is 5. The monoisotopic (exact) mass is 770 g/mol. The molecule has 0 saturated heterocycles. The number of nitriles is 2. The number of benzene rings is 8. The third kappa shape index (κ3) is 5.65. The third-order valence-electron chi connectivity index (χ3n) is 12.3. The number of hydrogen-bond acceptors (Lipinski definition) is 2. The highest BCUT2D eigenvalue weighted by Crippen LogP contribution is 2.44. The molecule has 0 saturated carbocycles. The number of aryl methyl sites for hydroxylation is 6. The molecule has 0 atom stereocenters. The van der Waals surface area contributed by atoms with Crippen molar-refractivity contribution in [1.82, 2.24) is 9.13 Å². The van der Waals surface area contributed by atoms with Gasteiger partial charge in [0.1, 0.15) is 11.6 Å². The summed E-state index contributed by atoms with van der Waals surface area (Å²) in [5.41, 5.74) is 20.8. The van der Waals surface area contributed by atoms with Crippen molar-refractivity contribution in [2.75, 3.05) is 0 Å². The third-order valence-corrected chi connectivity index (χ3v) is 12.3. The molecular weight excluding hydrogens is 729 g/mol. The van der Waals surface area contributed by atoms with Gasteiger partial charge in [0.05, 0.1) is 45.1 Å². The van der Waals surface area contributed by atoms with Crippen LogP contribution in [0.1, 0.15) is 44.5 Å². The topological polar surface area (TPSA) is 57.4 Å². The minimum atomic E-state index is 0.545. The Morgan fingerprint density at radius 1 is 0.400 bits per heavy atom. The second kappa shape index (κ2) is 14.0. The first-order chi connectivity index (χ1) is 29.1. The molecule has 0 unspecified atom stereocenters. The lowest BCUT2D eigenvalue weighted by Gasteiger charge is -2.20. The van der Waals surface area contributed by atoms with Crippen LogP contribution in [0, 0.1) is 64.2 Å². The summed E-state index contributed by atoms with van der Waals surface area (Å²) < 4.78 is 4.53. The highest BCUT2D eigenvalue weighted by Gasteiger charge is 2.25. The van der Waals surface area contributed by atoms with Crippen LogP contribution in [0.25, 0.3) is 88.4 Å². The Hall–Kier alpha value is -7.66. The van der Waals surface area contributed by atoms with Crippen molar-refractivity contribution in [2.24, 2.45) is 0 Å². The maximum atomic E-state index is 11.6. The molecule has 0 aliphatic heterocycles. The molecule has 286 valence electrons. The number of hydrogen-bond donors (Lipinski definition) is 0. The minimum Gasteiger partial charge on any atom is -0.308 e. The lowest BCUT2D eigenvalue weighted by molar-refractivity contribution is 1.12. The standard InChI is InChI=1S/C56H42N4/c1-33-24-35(3)54(36(4)25-33)41-18-21-51-46(29-41)44-14-7-9-16-49(44)59(51)53-23-20-43(40-13-11-12-39(28-40)31-57)56(48(53)32-58)60-50-17-10-8-15-45(50)47-30-42(19-22-52(47)60)55-37(5)26-34(2)27-38(55)6/h7-30H,1-6H3. The first kappa shape index (κ1) is 36.7. The zero-order valence-corrected chi connectivity index (χ0v) is 34.6. The Morgan fingerprint density at radius 2 is 0.900 bits per heavy atom. The highest BCUT2D eigenvalue weighted by molar-refractivity contribution is 6.13. The van der Waals surface area contributed by atoms with E-state index in [1.54, 1.807) is 0 Å². The van der Waals surface area contributed by atoms with E-state index in [1.807, 2.05) is 24.3 Å². The van der Waals surface area contributed by atoms with Gasteiger partial charge in [0.25, 0.3) is 0 Å². The summed E-state index contributed by atoms with van der Waals surface area (Å²) in [7, 11) is 0. The van der Waals surface area contributed by atoms with E-state index in [4.69, 9.17) is 0 Å². The van der Waals surface area contributed by atoms with Crippen molar-refractivity contribution in [3.05, 3.63) is 190 Å². The van der Waals surface area contributed by atoms with Crippen LogP contribution in [0.5, 0.6) is 0 Å². The van der Waals surface area contributed by atoms with E-state index in [0.717, 1.165) is 71.7 Å². The molecule has 0 spiro atoms. The van der Waals surface area contributed by atoms with Crippen LogP contribution in [-0.2, 0) is 0 Å². The zero-order valence-electron chi connectivity index (χ0n) is 34.6. The second-order valence-electron chi connectivity index (χ2n) is 16.4. The molecule has 4 nitrogen and oxygen atoms in total. The van der Waals surface area contributed by atoms with Gasteiger partial charge in [0, 0.05) is 27.1 Å². The smallest absolute Gasteiger partial charge is 0.104 e. The SMILES string of the molecule is Cc1cc(C)c(-c2ccc3c(c2)c2ccccc2n3-c2ccc(-c3cccc(C#N)c3)c(-n3c4ccccc4c4cc(-c5c(C)cc(C)cc5C)ccc43)c2C#N)c(C)c1. The summed E-state index contributed by atoms with van der Waals surface area (Å²) in [4.78, 5) is 0. The van der Waals surface area contributed by atoms with Gasteiger partial charge in [-0.3, -0.25) is 0 Å². The van der Waals surface area contributed by atoms with Crippen LogP contribution in [0.15, 0.2) is 146 Å². The predicted octanol–water partition coefficient (Wildman–Crippen LogP) is 14.5. The highest BCUT2D eigenvalue weighted by atomic mass is 15.0. The number of para-hydroxylation sites is 2. The van der Waals surface area contributed by atoms with Gasteiger partial charge in [-0.2, -0.15) is 10.5 Å². The lowest BCUT2D eigenvalue weighted by Crippen LogP contribution is -2.06. The molecule has 0 N–H and O–H groups in total. The molecular formula is C56H42N4. The average Bonchev–Trinajstić information content (AvgIpc) is 3.74. The number of fused-ring (bicyclic) bond motifs is 6. The molecule has 4 heteroatoms. The molecule has 2 heterocycles. The van der Waals surface area contributed by atoms with Crippen LogP contribution in [0.4, 0.5) is 0 Å². The van der Waals surface area contributed by atoms with Crippen molar-refractivity contribution in [1.29, 1.82) is 10.5 Å². The summed E-state index contributed by atoms with van der Waals surface area (Å²) in [6.07, 6.45) is 0. The van der Waals surface area contributed by atoms with E-state index >= 15 is 0 Å². The van der Waals surface area contributed by atoms with E-state index in [9.17, 15) is 10.5 Å². The number of aromatic nitrogens is 2. The van der Waals surface area contributed by atoms with Crippen LogP contribution >= 0.6 is 0 Å². The molecule has 10 rings (SSSR count). The molecule has 10 aromatic rings. The summed E-state index contributed by atoms with van der Waals surface area (Å²) in [6.45, 7) is 13.1. The van der Waals surface area contributed by atoms with Crippen LogP contribution in [0.3, 0.4) is 0 Å². The van der Waals surface area contributed by atoms with Crippen LogP contribution in [0.2, 0.25) is 0 Å². The van der Waals surface area contributed by atoms with Crippen molar-refractivity contribution in [2.45, 2.75) is 41.5 Å². The maximum Gasteiger partial charge on any atom is 0.104 e.